The Morgan fingerprint density at radius 3 is 2.56 bits per heavy atom. The van der Waals surface area contributed by atoms with Gasteiger partial charge in [-0.05, 0) is 36.3 Å². The average Bonchev–Trinajstić information content (AvgIpc) is 2.74. The maximum absolute atomic E-state index is 13.3. The predicted octanol–water partition coefficient (Wildman–Crippen LogP) is 4.82. The second kappa shape index (κ2) is 4.93. The molecule has 0 radical (unpaired) electrons. The Bertz CT molecular complexity index is 370. The predicted molar refractivity (Wildman–Crippen MR) is 66.7 cm³/mol. The molecule has 0 heterocycles. The molecule has 1 saturated carbocycles. The van der Waals surface area contributed by atoms with Crippen LogP contribution < -0.4 is 0 Å². The first-order valence-corrected chi connectivity index (χ1v) is 6.57. The van der Waals surface area contributed by atoms with E-state index in [9.17, 15) is 4.39 Å². The molecular weight excluding hydrogens is 246 g/mol. The molecule has 0 spiro atoms. The number of rotatable bonds is 3. The van der Waals surface area contributed by atoms with E-state index in [1.54, 1.807) is 6.07 Å². The Morgan fingerprint density at radius 2 is 1.94 bits per heavy atom. The molecular formula is C13H15Cl2F. The van der Waals surface area contributed by atoms with E-state index in [0.717, 1.165) is 24.8 Å². The minimum absolute atomic E-state index is 0.138. The highest BCUT2D eigenvalue weighted by Crippen LogP contribution is 2.43. The second-order valence-corrected chi connectivity index (χ2v) is 5.38. The quantitative estimate of drug-likeness (QED) is 0.684. The summed E-state index contributed by atoms with van der Waals surface area (Å²) in [6, 6.07) is 5.01. The van der Waals surface area contributed by atoms with Crippen molar-refractivity contribution in [1.82, 2.24) is 0 Å². The lowest BCUT2D eigenvalue weighted by Gasteiger charge is -2.26. The van der Waals surface area contributed by atoms with E-state index in [0.29, 0.717) is 5.88 Å². The molecule has 1 aromatic carbocycles. The van der Waals surface area contributed by atoms with E-state index in [1.807, 2.05) is 6.07 Å². The van der Waals surface area contributed by atoms with Gasteiger partial charge in [-0.1, -0.05) is 36.6 Å². The van der Waals surface area contributed by atoms with Gasteiger partial charge in [0.05, 0.1) is 5.02 Å². The van der Waals surface area contributed by atoms with Crippen LogP contribution in [-0.4, -0.2) is 5.88 Å². The Hall–Kier alpha value is -0.270. The lowest BCUT2D eigenvalue weighted by Crippen LogP contribution is -2.22. The fourth-order valence-electron chi connectivity index (χ4n) is 2.57. The first kappa shape index (κ1) is 12.2. The van der Waals surface area contributed by atoms with Gasteiger partial charge in [0, 0.05) is 5.88 Å². The van der Waals surface area contributed by atoms with Crippen molar-refractivity contribution < 1.29 is 4.39 Å². The van der Waals surface area contributed by atoms with Crippen molar-refractivity contribution >= 4 is 23.2 Å². The van der Waals surface area contributed by atoms with Gasteiger partial charge >= 0.3 is 0 Å². The van der Waals surface area contributed by atoms with E-state index in [4.69, 9.17) is 23.2 Å². The third-order valence-electron chi connectivity index (χ3n) is 3.54. The van der Waals surface area contributed by atoms with Gasteiger partial charge in [0.25, 0.3) is 0 Å². The summed E-state index contributed by atoms with van der Waals surface area (Å²) in [4.78, 5) is 0. The zero-order valence-corrected chi connectivity index (χ0v) is 10.6. The van der Waals surface area contributed by atoms with Crippen LogP contribution in [0.1, 0.15) is 31.2 Å². The summed E-state index contributed by atoms with van der Waals surface area (Å²) in [5, 5.41) is 0.263. The number of alkyl halides is 1. The minimum atomic E-state index is -0.332. The molecule has 0 unspecified atom stereocenters. The van der Waals surface area contributed by atoms with Crippen LogP contribution >= 0.6 is 23.2 Å². The van der Waals surface area contributed by atoms with Gasteiger partial charge < -0.3 is 0 Å². The summed E-state index contributed by atoms with van der Waals surface area (Å²) >= 11 is 12.0. The first-order chi connectivity index (χ1) is 7.67. The standard InChI is InChI=1S/C13H15Cl2F/c14-9-13(6-1-2-7-13)8-10-4-3-5-11(16)12(10)15/h3-5H,1-2,6-9H2. The van der Waals surface area contributed by atoms with Crippen LogP contribution in [0, 0.1) is 11.2 Å². The van der Waals surface area contributed by atoms with Crippen molar-refractivity contribution in [2.75, 3.05) is 5.88 Å². The molecule has 3 heteroatoms. The smallest absolute Gasteiger partial charge is 0.142 e. The molecule has 0 aliphatic heterocycles. The van der Waals surface area contributed by atoms with Crippen LogP contribution in [0.15, 0.2) is 18.2 Å². The molecule has 88 valence electrons. The second-order valence-electron chi connectivity index (χ2n) is 4.73. The molecule has 0 bridgehead atoms. The highest BCUT2D eigenvalue weighted by atomic mass is 35.5. The SMILES string of the molecule is Fc1cccc(CC2(CCl)CCCC2)c1Cl. The number of halogens is 3. The lowest BCUT2D eigenvalue weighted by atomic mass is 9.82. The van der Waals surface area contributed by atoms with Crippen molar-refractivity contribution in [3.05, 3.63) is 34.6 Å². The summed E-state index contributed by atoms with van der Waals surface area (Å²) in [6.07, 6.45) is 5.50. The van der Waals surface area contributed by atoms with Gasteiger partial charge in [-0.2, -0.15) is 0 Å². The van der Waals surface area contributed by atoms with Crippen molar-refractivity contribution in [3.63, 3.8) is 0 Å². The topological polar surface area (TPSA) is 0 Å². The largest absolute Gasteiger partial charge is 0.205 e. The Labute approximate surface area is 106 Å². The van der Waals surface area contributed by atoms with Crippen LogP contribution in [0.4, 0.5) is 4.39 Å². The molecule has 0 saturated heterocycles. The minimum Gasteiger partial charge on any atom is -0.205 e. The highest BCUT2D eigenvalue weighted by Gasteiger charge is 2.33. The van der Waals surface area contributed by atoms with E-state index in [-0.39, 0.29) is 16.3 Å². The van der Waals surface area contributed by atoms with E-state index in [2.05, 4.69) is 0 Å². The van der Waals surface area contributed by atoms with Crippen molar-refractivity contribution in [3.8, 4) is 0 Å². The van der Waals surface area contributed by atoms with Gasteiger partial charge in [0.15, 0.2) is 0 Å². The molecule has 1 aliphatic carbocycles. The van der Waals surface area contributed by atoms with E-state index in [1.165, 1.54) is 18.9 Å². The van der Waals surface area contributed by atoms with E-state index >= 15 is 0 Å². The third kappa shape index (κ3) is 2.36. The van der Waals surface area contributed by atoms with E-state index < -0.39 is 0 Å². The van der Waals surface area contributed by atoms with Gasteiger partial charge in [-0.3, -0.25) is 0 Å². The van der Waals surface area contributed by atoms with Crippen LogP contribution in [0.5, 0.6) is 0 Å². The summed E-state index contributed by atoms with van der Waals surface area (Å²) < 4.78 is 13.3. The maximum Gasteiger partial charge on any atom is 0.142 e. The summed E-state index contributed by atoms with van der Waals surface area (Å²) in [7, 11) is 0. The van der Waals surface area contributed by atoms with Crippen LogP contribution in [0.2, 0.25) is 5.02 Å². The first-order valence-electron chi connectivity index (χ1n) is 5.66. The molecule has 1 aromatic rings. The van der Waals surface area contributed by atoms with Gasteiger partial charge in [0.2, 0.25) is 0 Å². The Morgan fingerprint density at radius 1 is 1.25 bits per heavy atom. The van der Waals surface area contributed by atoms with Crippen LogP contribution in [0.3, 0.4) is 0 Å². The zero-order valence-electron chi connectivity index (χ0n) is 9.11. The fraction of sp³-hybridized carbons (Fsp3) is 0.538. The maximum atomic E-state index is 13.3. The van der Waals surface area contributed by atoms with Crippen molar-refractivity contribution in [1.29, 1.82) is 0 Å². The molecule has 1 aliphatic rings. The monoisotopic (exact) mass is 260 g/mol. The summed E-state index contributed by atoms with van der Waals surface area (Å²) in [5.41, 5.74) is 1.03. The summed E-state index contributed by atoms with van der Waals surface area (Å²) in [5.74, 6) is 0.307. The van der Waals surface area contributed by atoms with Gasteiger partial charge in [0.1, 0.15) is 5.82 Å². The number of benzene rings is 1. The van der Waals surface area contributed by atoms with Gasteiger partial charge in [-0.25, -0.2) is 4.39 Å². The Kier molecular flexibility index (Phi) is 3.76. The molecule has 2 rings (SSSR count). The summed E-state index contributed by atoms with van der Waals surface area (Å²) in [6.45, 7) is 0. The molecule has 16 heavy (non-hydrogen) atoms. The van der Waals surface area contributed by atoms with Crippen molar-refractivity contribution in [2.45, 2.75) is 32.1 Å². The lowest BCUT2D eigenvalue weighted by molar-refractivity contribution is 0.340. The van der Waals surface area contributed by atoms with Gasteiger partial charge in [-0.15, -0.1) is 11.6 Å². The normalized spacial score (nSPS) is 18.9. The van der Waals surface area contributed by atoms with Crippen molar-refractivity contribution in [2.24, 2.45) is 5.41 Å². The van der Waals surface area contributed by atoms with Crippen LogP contribution in [0.25, 0.3) is 0 Å². The zero-order chi connectivity index (χ0) is 11.6. The molecule has 0 aromatic heterocycles. The molecule has 1 fully saturated rings. The molecule has 0 N–H and O–H groups in total. The number of hydrogen-bond donors (Lipinski definition) is 0. The molecule has 0 amide bonds. The Balaban J connectivity index is 2.22. The number of hydrogen-bond acceptors (Lipinski definition) is 0. The highest BCUT2D eigenvalue weighted by molar-refractivity contribution is 6.31. The molecule has 0 nitrogen and oxygen atoms in total. The average molecular weight is 261 g/mol. The molecule has 0 atom stereocenters. The van der Waals surface area contributed by atoms with Crippen LogP contribution in [-0.2, 0) is 6.42 Å². The third-order valence-corrected chi connectivity index (χ3v) is 4.53. The fourth-order valence-corrected chi connectivity index (χ4v) is 3.13.